The van der Waals surface area contributed by atoms with Gasteiger partial charge in [0.2, 0.25) is 0 Å². The fourth-order valence-electron chi connectivity index (χ4n) is 1.63. The van der Waals surface area contributed by atoms with E-state index in [9.17, 15) is 4.79 Å². The lowest BCUT2D eigenvalue weighted by Gasteiger charge is -2.06. The van der Waals surface area contributed by atoms with Gasteiger partial charge in [-0.25, -0.2) is 4.98 Å². The molecule has 96 valence electrons. The quantitative estimate of drug-likeness (QED) is 0.869. The summed E-state index contributed by atoms with van der Waals surface area (Å²) in [6.07, 6.45) is 1.49. The lowest BCUT2D eigenvalue weighted by Crippen LogP contribution is -2.26. The Morgan fingerprint density at radius 2 is 2.39 bits per heavy atom. The number of nitrogens with one attached hydrogen (secondary N) is 1. The van der Waals surface area contributed by atoms with E-state index < -0.39 is 0 Å². The molecule has 0 spiro atoms. The van der Waals surface area contributed by atoms with Crippen LogP contribution in [-0.2, 0) is 13.1 Å². The highest BCUT2D eigenvalue weighted by Crippen LogP contribution is 2.11. The first-order chi connectivity index (χ1) is 8.61. The molecule has 1 amide bonds. The largest absolute Gasteiger partial charge is 0.396 e. The van der Waals surface area contributed by atoms with Gasteiger partial charge in [0.1, 0.15) is 5.69 Å². The van der Waals surface area contributed by atoms with Crippen molar-refractivity contribution in [3.05, 3.63) is 28.0 Å². The maximum Gasteiger partial charge on any atom is 0.272 e. The second kappa shape index (κ2) is 5.18. The molecule has 0 bridgehead atoms. The van der Waals surface area contributed by atoms with E-state index in [4.69, 9.17) is 5.73 Å². The zero-order valence-electron chi connectivity index (χ0n) is 10.3. The number of nitrogens with zero attached hydrogens (tertiary/aromatic N) is 3. The van der Waals surface area contributed by atoms with Gasteiger partial charge >= 0.3 is 0 Å². The number of nitrogens with two attached hydrogens (primary N) is 1. The number of amides is 1. The molecule has 0 aliphatic rings. The molecule has 2 rings (SSSR count). The van der Waals surface area contributed by atoms with Crippen molar-refractivity contribution in [2.75, 3.05) is 5.73 Å². The monoisotopic (exact) mass is 265 g/mol. The van der Waals surface area contributed by atoms with Gasteiger partial charge in [-0.3, -0.25) is 9.48 Å². The third-order valence-corrected chi connectivity index (χ3v) is 3.30. The van der Waals surface area contributed by atoms with Crippen molar-refractivity contribution >= 4 is 22.9 Å². The van der Waals surface area contributed by atoms with E-state index in [-0.39, 0.29) is 5.91 Å². The number of aromatic nitrogens is 3. The molecule has 2 heterocycles. The van der Waals surface area contributed by atoms with Crippen molar-refractivity contribution in [3.8, 4) is 0 Å². The highest BCUT2D eigenvalue weighted by atomic mass is 32.1. The third kappa shape index (κ3) is 2.51. The Morgan fingerprint density at radius 3 is 3.00 bits per heavy atom. The van der Waals surface area contributed by atoms with Crippen molar-refractivity contribution in [3.63, 3.8) is 0 Å². The molecule has 2 aromatic heterocycles. The molecule has 0 saturated carbocycles. The number of nitrogen functional groups attached to an aromatic ring is 1. The van der Waals surface area contributed by atoms with E-state index in [1.165, 1.54) is 6.20 Å². The predicted molar refractivity (Wildman–Crippen MR) is 70.3 cm³/mol. The van der Waals surface area contributed by atoms with Crippen LogP contribution >= 0.6 is 11.3 Å². The van der Waals surface area contributed by atoms with Crippen molar-refractivity contribution < 1.29 is 4.79 Å². The second-order valence-corrected chi connectivity index (χ2v) is 4.87. The van der Waals surface area contributed by atoms with Crippen LogP contribution in [0.3, 0.4) is 0 Å². The highest BCUT2D eigenvalue weighted by molar-refractivity contribution is 7.09. The Bertz CT molecular complexity index is 560. The molecule has 0 fully saturated rings. The summed E-state index contributed by atoms with van der Waals surface area (Å²) in [7, 11) is 0. The predicted octanol–water partition coefficient (Wildman–Crippen LogP) is 1.18. The molecular formula is C11H15N5OS. The molecule has 0 radical (unpaired) electrons. The molecular weight excluding hydrogens is 250 g/mol. The first-order valence-electron chi connectivity index (χ1n) is 5.62. The highest BCUT2D eigenvalue weighted by Gasteiger charge is 2.15. The number of rotatable bonds is 4. The topological polar surface area (TPSA) is 85.8 Å². The van der Waals surface area contributed by atoms with Gasteiger partial charge in [0.25, 0.3) is 5.91 Å². The maximum absolute atomic E-state index is 12.0. The van der Waals surface area contributed by atoms with Gasteiger partial charge in [-0.15, -0.1) is 11.3 Å². The van der Waals surface area contributed by atoms with Crippen LogP contribution in [0, 0.1) is 6.92 Å². The van der Waals surface area contributed by atoms with Crippen molar-refractivity contribution in [1.82, 2.24) is 20.1 Å². The molecule has 0 aromatic carbocycles. The summed E-state index contributed by atoms with van der Waals surface area (Å²) in [6, 6.07) is 0. The van der Waals surface area contributed by atoms with E-state index in [0.29, 0.717) is 24.5 Å². The van der Waals surface area contributed by atoms with Crippen LogP contribution in [0.5, 0.6) is 0 Å². The minimum Gasteiger partial charge on any atom is -0.396 e. The van der Waals surface area contributed by atoms with Crippen LogP contribution in [0.25, 0.3) is 0 Å². The molecule has 0 aliphatic heterocycles. The van der Waals surface area contributed by atoms with Gasteiger partial charge in [0.05, 0.1) is 29.1 Å². The number of hydrogen-bond acceptors (Lipinski definition) is 5. The zero-order chi connectivity index (χ0) is 13.1. The standard InChI is InChI=1S/C11H15N5OS/c1-3-16-10(9(12)5-14-16)11(17)13-4-8-6-18-7(2)15-8/h5-6H,3-4,12H2,1-2H3,(H,13,17). The van der Waals surface area contributed by atoms with Crippen LogP contribution < -0.4 is 11.1 Å². The van der Waals surface area contributed by atoms with Crippen LogP contribution in [-0.4, -0.2) is 20.7 Å². The lowest BCUT2D eigenvalue weighted by molar-refractivity contribution is 0.0940. The second-order valence-electron chi connectivity index (χ2n) is 3.80. The summed E-state index contributed by atoms with van der Waals surface area (Å²) in [6.45, 7) is 4.85. The number of anilines is 1. The summed E-state index contributed by atoms with van der Waals surface area (Å²) in [4.78, 5) is 16.3. The van der Waals surface area contributed by atoms with Crippen molar-refractivity contribution in [2.45, 2.75) is 26.9 Å². The molecule has 7 heteroatoms. The molecule has 0 aliphatic carbocycles. The molecule has 0 saturated heterocycles. The van der Waals surface area contributed by atoms with E-state index in [2.05, 4.69) is 15.4 Å². The van der Waals surface area contributed by atoms with Crippen LogP contribution in [0.4, 0.5) is 5.69 Å². The number of thiazole rings is 1. The van der Waals surface area contributed by atoms with Gasteiger partial charge < -0.3 is 11.1 Å². The van der Waals surface area contributed by atoms with Crippen molar-refractivity contribution in [1.29, 1.82) is 0 Å². The first kappa shape index (κ1) is 12.6. The fourth-order valence-corrected chi connectivity index (χ4v) is 2.24. The van der Waals surface area contributed by atoms with Crippen LogP contribution in [0.2, 0.25) is 0 Å². The minimum absolute atomic E-state index is 0.225. The Labute approximate surface area is 109 Å². The van der Waals surface area contributed by atoms with E-state index in [1.807, 2.05) is 19.2 Å². The third-order valence-electron chi connectivity index (χ3n) is 2.48. The zero-order valence-corrected chi connectivity index (χ0v) is 11.1. The summed E-state index contributed by atoms with van der Waals surface area (Å²) in [5.74, 6) is -0.225. The van der Waals surface area contributed by atoms with E-state index in [0.717, 1.165) is 10.7 Å². The summed E-state index contributed by atoms with van der Waals surface area (Å²) < 4.78 is 1.58. The van der Waals surface area contributed by atoms with Gasteiger partial charge in [0.15, 0.2) is 0 Å². The number of carbonyl (C=O) groups is 1. The van der Waals surface area contributed by atoms with Crippen LogP contribution in [0.15, 0.2) is 11.6 Å². The molecule has 3 N–H and O–H groups in total. The summed E-state index contributed by atoms with van der Waals surface area (Å²) in [5.41, 5.74) is 7.39. The van der Waals surface area contributed by atoms with Gasteiger partial charge in [0, 0.05) is 11.9 Å². The molecule has 0 atom stereocenters. The van der Waals surface area contributed by atoms with Gasteiger partial charge in [-0.05, 0) is 13.8 Å². The first-order valence-corrected chi connectivity index (χ1v) is 6.50. The molecule has 2 aromatic rings. The van der Waals surface area contributed by atoms with Crippen LogP contribution in [0.1, 0.15) is 28.1 Å². The Balaban J connectivity index is 2.05. The fraction of sp³-hybridized carbons (Fsp3) is 0.364. The maximum atomic E-state index is 12.0. The molecule has 18 heavy (non-hydrogen) atoms. The molecule has 0 unspecified atom stereocenters. The minimum atomic E-state index is -0.225. The van der Waals surface area contributed by atoms with Gasteiger partial charge in [-0.1, -0.05) is 0 Å². The Kier molecular flexibility index (Phi) is 3.61. The Morgan fingerprint density at radius 1 is 1.61 bits per heavy atom. The summed E-state index contributed by atoms with van der Waals surface area (Å²) >= 11 is 1.56. The number of carbonyl (C=O) groups excluding carboxylic acids is 1. The molecule has 6 nitrogen and oxygen atoms in total. The number of aryl methyl sites for hydroxylation is 2. The smallest absolute Gasteiger partial charge is 0.272 e. The Hall–Kier alpha value is -1.89. The SMILES string of the molecule is CCn1ncc(N)c1C(=O)NCc1csc(C)n1. The normalized spacial score (nSPS) is 10.6. The average Bonchev–Trinajstić information content (AvgIpc) is 2.92. The van der Waals surface area contributed by atoms with Crippen molar-refractivity contribution in [2.24, 2.45) is 0 Å². The lowest BCUT2D eigenvalue weighted by atomic mass is 10.3. The van der Waals surface area contributed by atoms with E-state index >= 15 is 0 Å². The summed E-state index contributed by atoms with van der Waals surface area (Å²) in [5, 5.41) is 9.74. The average molecular weight is 265 g/mol. The number of hydrogen-bond donors (Lipinski definition) is 2. The van der Waals surface area contributed by atoms with Gasteiger partial charge in [-0.2, -0.15) is 5.10 Å². The van der Waals surface area contributed by atoms with E-state index in [1.54, 1.807) is 16.0 Å².